The lowest BCUT2D eigenvalue weighted by atomic mass is 10.1. The molecule has 0 unspecified atom stereocenters. The molecule has 25 heavy (non-hydrogen) atoms. The zero-order valence-corrected chi connectivity index (χ0v) is 15.4. The topological polar surface area (TPSA) is 64.7 Å². The molecule has 2 amide bonds. The van der Waals surface area contributed by atoms with Crippen LogP contribution in [0.2, 0.25) is 0 Å². The van der Waals surface area contributed by atoms with Crippen LogP contribution in [0.4, 0.5) is 0 Å². The SMILES string of the molecule is CCN(CC)C(=O)c1ccc(C(=O)NCCCN2CCNCC2)cc1. The lowest BCUT2D eigenvalue weighted by molar-refractivity contribution is 0.0772. The van der Waals surface area contributed by atoms with Gasteiger partial charge in [0.1, 0.15) is 0 Å². The van der Waals surface area contributed by atoms with Crippen LogP contribution in [-0.2, 0) is 0 Å². The number of nitrogens with zero attached hydrogens (tertiary/aromatic N) is 2. The van der Waals surface area contributed by atoms with Gasteiger partial charge in [-0.15, -0.1) is 0 Å². The molecular weight excluding hydrogens is 316 g/mol. The van der Waals surface area contributed by atoms with Crippen LogP contribution in [0.3, 0.4) is 0 Å². The Hall–Kier alpha value is -1.92. The second kappa shape index (κ2) is 10.2. The molecule has 2 rings (SSSR count). The van der Waals surface area contributed by atoms with Crippen LogP contribution in [0.1, 0.15) is 41.0 Å². The standard InChI is InChI=1S/C19H30N4O2/c1-3-23(4-2)19(25)17-8-6-16(7-9-17)18(24)21-10-5-13-22-14-11-20-12-15-22/h6-9,20H,3-5,10-15H2,1-2H3,(H,21,24). The minimum Gasteiger partial charge on any atom is -0.352 e. The van der Waals surface area contributed by atoms with Gasteiger partial charge in [0.25, 0.3) is 11.8 Å². The van der Waals surface area contributed by atoms with Crippen molar-refractivity contribution in [1.29, 1.82) is 0 Å². The van der Waals surface area contributed by atoms with Crippen LogP contribution in [0, 0.1) is 0 Å². The molecule has 1 aliphatic rings. The molecule has 1 heterocycles. The third-order valence-electron chi connectivity index (χ3n) is 4.59. The highest BCUT2D eigenvalue weighted by Crippen LogP contribution is 2.08. The maximum absolute atomic E-state index is 12.3. The fourth-order valence-corrected chi connectivity index (χ4v) is 3.00. The Morgan fingerprint density at radius 1 is 1.08 bits per heavy atom. The molecule has 1 aliphatic heterocycles. The maximum Gasteiger partial charge on any atom is 0.253 e. The molecule has 0 radical (unpaired) electrons. The molecule has 1 fully saturated rings. The third-order valence-corrected chi connectivity index (χ3v) is 4.59. The number of rotatable bonds is 8. The lowest BCUT2D eigenvalue weighted by Crippen LogP contribution is -2.44. The van der Waals surface area contributed by atoms with Gasteiger partial charge in [0.2, 0.25) is 0 Å². The van der Waals surface area contributed by atoms with Gasteiger partial charge in [-0.05, 0) is 51.1 Å². The zero-order valence-electron chi connectivity index (χ0n) is 15.4. The van der Waals surface area contributed by atoms with E-state index in [0.29, 0.717) is 30.8 Å². The summed E-state index contributed by atoms with van der Waals surface area (Å²) in [6, 6.07) is 6.91. The highest BCUT2D eigenvalue weighted by atomic mass is 16.2. The summed E-state index contributed by atoms with van der Waals surface area (Å²) in [5.74, 6) is -0.0740. The molecule has 0 bridgehead atoms. The molecule has 1 aromatic rings. The van der Waals surface area contributed by atoms with Gasteiger partial charge in [0.05, 0.1) is 0 Å². The second-order valence-corrected chi connectivity index (χ2v) is 6.26. The summed E-state index contributed by atoms with van der Waals surface area (Å²) >= 11 is 0. The average molecular weight is 346 g/mol. The van der Waals surface area contributed by atoms with E-state index in [1.165, 1.54) is 0 Å². The van der Waals surface area contributed by atoms with E-state index in [9.17, 15) is 9.59 Å². The summed E-state index contributed by atoms with van der Waals surface area (Å²) in [5.41, 5.74) is 1.22. The Bertz CT molecular complexity index is 549. The highest BCUT2D eigenvalue weighted by Gasteiger charge is 2.13. The number of piperazine rings is 1. The summed E-state index contributed by atoms with van der Waals surface area (Å²) in [4.78, 5) is 28.6. The molecule has 0 spiro atoms. The number of nitrogens with one attached hydrogen (secondary N) is 2. The molecule has 138 valence electrons. The molecule has 1 saturated heterocycles. The van der Waals surface area contributed by atoms with Gasteiger partial charge in [0.15, 0.2) is 0 Å². The predicted molar refractivity (Wildman–Crippen MR) is 100.0 cm³/mol. The van der Waals surface area contributed by atoms with Crippen molar-refractivity contribution in [2.75, 3.05) is 52.4 Å². The second-order valence-electron chi connectivity index (χ2n) is 6.26. The first kappa shape index (κ1) is 19.4. The molecule has 0 atom stereocenters. The molecule has 1 aromatic carbocycles. The normalized spacial score (nSPS) is 15.0. The molecule has 0 aromatic heterocycles. The monoisotopic (exact) mass is 346 g/mol. The van der Waals surface area contributed by atoms with E-state index in [1.807, 2.05) is 13.8 Å². The fraction of sp³-hybridized carbons (Fsp3) is 0.579. The van der Waals surface area contributed by atoms with Crippen LogP contribution < -0.4 is 10.6 Å². The lowest BCUT2D eigenvalue weighted by Gasteiger charge is -2.27. The van der Waals surface area contributed by atoms with Gasteiger partial charge in [0, 0.05) is 56.9 Å². The molecule has 6 nitrogen and oxygen atoms in total. The van der Waals surface area contributed by atoms with Gasteiger partial charge >= 0.3 is 0 Å². The van der Waals surface area contributed by atoms with Crippen molar-refractivity contribution in [3.63, 3.8) is 0 Å². The van der Waals surface area contributed by atoms with E-state index >= 15 is 0 Å². The first-order chi connectivity index (χ1) is 12.2. The van der Waals surface area contributed by atoms with Gasteiger partial charge in [-0.3, -0.25) is 9.59 Å². The van der Waals surface area contributed by atoms with Crippen molar-refractivity contribution in [3.8, 4) is 0 Å². The quantitative estimate of drug-likeness (QED) is 0.694. The van der Waals surface area contributed by atoms with Crippen LogP contribution >= 0.6 is 0 Å². The number of hydrogen-bond donors (Lipinski definition) is 2. The molecule has 0 saturated carbocycles. The maximum atomic E-state index is 12.3. The first-order valence-electron chi connectivity index (χ1n) is 9.26. The van der Waals surface area contributed by atoms with Crippen LogP contribution in [0.5, 0.6) is 0 Å². The zero-order chi connectivity index (χ0) is 18.1. The third kappa shape index (κ3) is 5.83. The van der Waals surface area contributed by atoms with Crippen molar-refractivity contribution in [1.82, 2.24) is 20.4 Å². The highest BCUT2D eigenvalue weighted by molar-refractivity contribution is 5.97. The number of carbonyl (C=O) groups excluding carboxylic acids is 2. The Morgan fingerprint density at radius 3 is 2.28 bits per heavy atom. The van der Waals surface area contributed by atoms with E-state index in [1.54, 1.807) is 29.2 Å². The first-order valence-corrected chi connectivity index (χ1v) is 9.26. The summed E-state index contributed by atoms with van der Waals surface area (Å²) < 4.78 is 0. The predicted octanol–water partition coefficient (Wildman–Crippen LogP) is 1.19. The van der Waals surface area contributed by atoms with Gasteiger partial charge in [-0.1, -0.05) is 0 Å². The summed E-state index contributed by atoms with van der Waals surface area (Å²) in [6.07, 6.45) is 0.949. The smallest absolute Gasteiger partial charge is 0.253 e. The minimum absolute atomic E-state index is 0.00739. The summed E-state index contributed by atoms with van der Waals surface area (Å²) in [5, 5.41) is 6.29. The van der Waals surface area contributed by atoms with E-state index in [-0.39, 0.29) is 11.8 Å². The average Bonchev–Trinajstić information content (AvgIpc) is 2.67. The molecule has 2 N–H and O–H groups in total. The molecule has 6 heteroatoms. The van der Waals surface area contributed by atoms with Crippen LogP contribution in [-0.4, -0.2) is 74.0 Å². The van der Waals surface area contributed by atoms with Crippen molar-refractivity contribution < 1.29 is 9.59 Å². The van der Waals surface area contributed by atoms with E-state index in [0.717, 1.165) is 39.1 Å². The van der Waals surface area contributed by atoms with Gasteiger partial charge in [-0.2, -0.15) is 0 Å². The van der Waals surface area contributed by atoms with E-state index in [4.69, 9.17) is 0 Å². The summed E-state index contributed by atoms with van der Waals surface area (Å²) in [7, 11) is 0. The Morgan fingerprint density at radius 2 is 1.68 bits per heavy atom. The minimum atomic E-state index is -0.0813. The Labute approximate surface area is 150 Å². The number of hydrogen-bond acceptors (Lipinski definition) is 4. The molecule has 0 aliphatic carbocycles. The van der Waals surface area contributed by atoms with Gasteiger partial charge < -0.3 is 20.4 Å². The fourth-order valence-electron chi connectivity index (χ4n) is 3.00. The number of benzene rings is 1. The number of amides is 2. The summed E-state index contributed by atoms with van der Waals surface area (Å²) in [6.45, 7) is 11.2. The van der Waals surface area contributed by atoms with Crippen molar-refractivity contribution in [2.45, 2.75) is 20.3 Å². The van der Waals surface area contributed by atoms with E-state index < -0.39 is 0 Å². The van der Waals surface area contributed by atoms with Gasteiger partial charge in [-0.25, -0.2) is 0 Å². The van der Waals surface area contributed by atoms with Crippen molar-refractivity contribution in [2.24, 2.45) is 0 Å². The van der Waals surface area contributed by atoms with Crippen molar-refractivity contribution in [3.05, 3.63) is 35.4 Å². The largest absolute Gasteiger partial charge is 0.352 e. The Kier molecular flexibility index (Phi) is 7.88. The van der Waals surface area contributed by atoms with Crippen LogP contribution in [0.15, 0.2) is 24.3 Å². The molecular formula is C19H30N4O2. The Balaban J connectivity index is 1.76. The number of carbonyl (C=O) groups is 2. The van der Waals surface area contributed by atoms with Crippen molar-refractivity contribution >= 4 is 11.8 Å². The van der Waals surface area contributed by atoms with E-state index in [2.05, 4.69) is 15.5 Å². The van der Waals surface area contributed by atoms with Crippen LogP contribution in [0.25, 0.3) is 0 Å².